The quantitative estimate of drug-likeness (QED) is 0.579. The maximum Gasteiger partial charge on any atom is 0.230 e. The average Bonchev–Trinajstić information content (AvgIpc) is 2.54. The van der Waals surface area contributed by atoms with Gasteiger partial charge in [0.25, 0.3) is 0 Å². The van der Waals surface area contributed by atoms with Crippen LogP contribution < -0.4 is 9.47 Å². The van der Waals surface area contributed by atoms with E-state index in [1.54, 1.807) is 7.11 Å². The number of ether oxygens (including phenoxy) is 2. The topological polar surface area (TPSA) is 61.6 Å². The van der Waals surface area contributed by atoms with Gasteiger partial charge in [-0.05, 0) is 35.8 Å². The van der Waals surface area contributed by atoms with Crippen LogP contribution in [0.2, 0.25) is 0 Å². The lowest BCUT2D eigenvalue weighted by atomic mass is 10.1. The summed E-state index contributed by atoms with van der Waals surface area (Å²) >= 11 is 0. The monoisotopic (exact) mass is 299 g/mol. The third-order valence-corrected chi connectivity index (χ3v) is 3.05. The van der Waals surface area contributed by atoms with Crippen LogP contribution in [0.15, 0.2) is 60.8 Å². The highest BCUT2D eigenvalue weighted by Gasteiger charge is 2.06. The van der Waals surface area contributed by atoms with Crippen molar-refractivity contribution in [1.82, 2.24) is 0 Å². The molecule has 0 N–H and O–H groups in total. The number of allylic oxidation sites excluding steroid dienone is 1. The summed E-state index contributed by atoms with van der Waals surface area (Å²) in [5.74, 6) is 1.26. The summed E-state index contributed by atoms with van der Waals surface area (Å²) in [5, 5.41) is 10.3. The molecule has 0 spiro atoms. The fourth-order valence-corrected chi connectivity index (χ4v) is 1.97. The number of benzene rings is 2. The number of hydrogen-bond acceptors (Lipinski definition) is 4. The molecule has 2 aromatic carbocycles. The van der Waals surface area contributed by atoms with Crippen molar-refractivity contribution in [3.05, 3.63) is 82.0 Å². The molecule has 5 nitrogen and oxygen atoms in total. The van der Waals surface area contributed by atoms with E-state index in [0.717, 1.165) is 17.3 Å². The molecule has 0 aromatic heterocycles. The van der Waals surface area contributed by atoms with Gasteiger partial charge in [-0.3, -0.25) is 10.1 Å². The zero-order valence-electron chi connectivity index (χ0n) is 12.3. The van der Waals surface area contributed by atoms with Gasteiger partial charge >= 0.3 is 0 Å². The second-order valence-electron chi connectivity index (χ2n) is 4.63. The van der Waals surface area contributed by atoms with Crippen LogP contribution in [-0.4, -0.2) is 12.0 Å². The van der Waals surface area contributed by atoms with Crippen molar-refractivity contribution in [1.29, 1.82) is 0 Å². The van der Waals surface area contributed by atoms with Crippen molar-refractivity contribution < 1.29 is 14.4 Å². The van der Waals surface area contributed by atoms with E-state index in [-0.39, 0.29) is 0 Å². The maximum atomic E-state index is 10.3. The number of rotatable bonds is 7. The number of nitrogens with zero attached hydrogens (tertiary/aromatic N) is 1. The number of hydrogen-bond donors (Lipinski definition) is 0. The number of nitro groups is 1. The van der Waals surface area contributed by atoms with Gasteiger partial charge in [-0.15, -0.1) is 0 Å². The molecule has 22 heavy (non-hydrogen) atoms. The van der Waals surface area contributed by atoms with Gasteiger partial charge in [-0.1, -0.05) is 36.4 Å². The Kier molecular flexibility index (Phi) is 5.54. The van der Waals surface area contributed by atoms with Gasteiger partial charge in [-0.2, -0.15) is 0 Å². The predicted octanol–water partition coefficient (Wildman–Crippen LogP) is 3.61. The Morgan fingerprint density at radius 2 is 1.86 bits per heavy atom. The van der Waals surface area contributed by atoms with Crippen LogP contribution >= 0.6 is 0 Å². The van der Waals surface area contributed by atoms with Crippen molar-refractivity contribution in [2.75, 3.05) is 7.11 Å². The minimum absolute atomic E-state index is 0.456. The Morgan fingerprint density at radius 3 is 2.55 bits per heavy atom. The van der Waals surface area contributed by atoms with Crippen molar-refractivity contribution in [2.45, 2.75) is 13.0 Å². The Hall–Kier alpha value is -2.82. The fourth-order valence-electron chi connectivity index (χ4n) is 1.97. The van der Waals surface area contributed by atoms with Gasteiger partial charge in [0.1, 0.15) is 6.61 Å². The molecule has 0 saturated carbocycles. The van der Waals surface area contributed by atoms with Crippen molar-refractivity contribution in [3.63, 3.8) is 0 Å². The van der Waals surface area contributed by atoms with E-state index in [1.807, 2.05) is 48.5 Å². The first-order valence-corrected chi connectivity index (χ1v) is 6.83. The van der Waals surface area contributed by atoms with Gasteiger partial charge in [-0.25, -0.2) is 0 Å². The summed E-state index contributed by atoms with van der Waals surface area (Å²) in [5.41, 5.74) is 1.99. The van der Waals surface area contributed by atoms with Gasteiger partial charge in [0, 0.05) is 0 Å². The molecule has 0 aliphatic carbocycles. The molecular formula is C17H17NO4. The predicted molar refractivity (Wildman–Crippen MR) is 83.6 cm³/mol. The molecule has 5 heteroatoms. The highest BCUT2D eigenvalue weighted by molar-refractivity contribution is 5.43. The Morgan fingerprint density at radius 1 is 1.09 bits per heavy atom. The summed E-state index contributed by atoms with van der Waals surface area (Å²) in [6.07, 6.45) is 2.90. The normalized spacial score (nSPS) is 10.6. The second-order valence-corrected chi connectivity index (χ2v) is 4.63. The van der Waals surface area contributed by atoms with Crippen molar-refractivity contribution >= 4 is 0 Å². The standard InChI is InChI=1S/C17H17NO4/c1-21-17-12-14(8-5-11-18(19)20)9-10-16(17)22-13-15-6-3-2-4-7-15/h2-7,9-12H,8,13H2,1H3. The Labute approximate surface area is 129 Å². The molecule has 2 rings (SSSR count). The molecule has 0 atom stereocenters. The lowest BCUT2D eigenvalue weighted by Gasteiger charge is -2.11. The van der Waals surface area contributed by atoms with E-state index in [0.29, 0.717) is 24.5 Å². The molecule has 0 bridgehead atoms. The molecule has 0 aliphatic rings. The fraction of sp³-hybridized carbons (Fsp3) is 0.176. The SMILES string of the molecule is COc1cc(CC=C[N+](=O)[O-])ccc1OCc1ccccc1. The third-order valence-electron chi connectivity index (χ3n) is 3.05. The van der Waals surface area contributed by atoms with E-state index >= 15 is 0 Å². The van der Waals surface area contributed by atoms with Crippen LogP contribution in [0.1, 0.15) is 11.1 Å². The van der Waals surface area contributed by atoms with Crippen molar-refractivity contribution in [3.8, 4) is 11.5 Å². The maximum absolute atomic E-state index is 10.3. The van der Waals surface area contributed by atoms with E-state index in [2.05, 4.69) is 0 Å². The Balaban J connectivity index is 2.04. The first-order valence-electron chi connectivity index (χ1n) is 6.83. The van der Waals surface area contributed by atoms with Crippen LogP contribution in [0.3, 0.4) is 0 Å². The van der Waals surface area contributed by atoms with E-state index in [1.165, 1.54) is 6.08 Å². The van der Waals surface area contributed by atoms with E-state index < -0.39 is 4.92 Å². The first kappa shape index (κ1) is 15.6. The number of methoxy groups -OCH3 is 1. The summed E-state index contributed by atoms with van der Waals surface area (Å²) in [4.78, 5) is 9.78. The molecular weight excluding hydrogens is 282 g/mol. The highest BCUT2D eigenvalue weighted by Crippen LogP contribution is 2.29. The minimum Gasteiger partial charge on any atom is -0.493 e. The second kappa shape index (κ2) is 7.83. The highest BCUT2D eigenvalue weighted by atomic mass is 16.6. The molecule has 0 heterocycles. The van der Waals surface area contributed by atoms with Crippen LogP contribution in [0.4, 0.5) is 0 Å². The summed E-state index contributed by atoms with van der Waals surface area (Å²) in [6, 6.07) is 15.4. The first-order chi connectivity index (χ1) is 10.7. The smallest absolute Gasteiger partial charge is 0.230 e. The van der Waals surface area contributed by atoms with Crippen LogP contribution in [0, 0.1) is 10.1 Å². The lowest BCUT2D eigenvalue weighted by molar-refractivity contribution is -0.402. The summed E-state index contributed by atoms with van der Waals surface area (Å²) < 4.78 is 11.1. The van der Waals surface area contributed by atoms with E-state index in [4.69, 9.17) is 9.47 Å². The molecule has 0 radical (unpaired) electrons. The molecule has 0 amide bonds. The van der Waals surface area contributed by atoms with Gasteiger partial charge in [0.2, 0.25) is 6.20 Å². The van der Waals surface area contributed by atoms with Crippen LogP contribution in [0.25, 0.3) is 0 Å². The molecule has 0 saturated heterocycles. The summed E-state index contributed by atoms with van der Waals surface area (Å²) in [7, 11) is 1.57. The van der Waals surface area contributed by atoms with E-state index in [9.17, 15) is 10.1 Å². The van der Waals surface area contributed by atoms with Crippen LogP contribution in [-0.2, 0) is 13.0 Å². The molecule has 114 valence electrons. The Bertz CT molecular complexity index is 653. The van der Waals surface area contributed by atoms with Gasteiger partial charge in [0.05, 0.1) is 12.0 Å². The molecule has 0 fully saturated rings. The zero-order chi connectivity index (χ0) is 15.8. The third kappa shape index (κ3) is 4.63. The molecule has 0 unspecified atom stereocenters. The van der Waals surface area contributed by atoms with Gasteiger partial charge < -0.3 is 9.47 Å². The minimum atomic E-state index is -0.478. The van der Waals surface area contributed by atoms with Crippen molar-refractivity contribution in [2.24, 2.45) is 0 Å². The lowest BCUT2D eigenvalue weighted by Crippen LogP contribution is -1.98. The zero-order valence-corrected chi connectivity index (χ0v) is 12.3. The van der Waals surface area contributed by atoms with Gasteiger partial charge in [0.15, 0.2) is 11.5 Å². The van der Waals surface area contributed by atoms with Crippen LogP contribution in [0.5, 0.6) is 11.5 Å². The average molecular weight is 299 g/mol. The molecule has 2 aromatic rings. The molecule has 0 aliphatic heterocycles. The summed E-state index contributed by atoms with van der Waals surface area (Å²) in [6.45, 7) is 0.456. The largest absolute Gasteiger partial charge is 0.493 e.